The van der Waals surface area contributed by atoms with Crippen molar-refractivity contribution in [1.29, 1.82) is 0 Å². The summed E-state index contributed by atoms with van der Waals surface area (Å²) in [6, 6.07) is 15.3. The first-order valence-corrected chi connectivity index (χ1v) is 11.5. The van der Waals surface area contributed by atoms with Crippen LogP contribution in [0.2, 0.25) is 0 Å². The number of rotatable bonds is 3. The van der Waals surface area contributed by atoms with Crippen molar-refractivity contribution in [3.05, 3.63) is 110 Å². The van der Waals surface area contributed by atoms with Crippen LogP contribution in [0.4, 0.5) is 0 Å². The molecular formula is C29H28N2O3. The van der Waals surface area contributed by atoms with Crippen molar-refractivity contribution in [3.63, 3.8) is 0 Å². The summed E-state index contributed by atoms with van der Waals surface area (Å²) in [5.41, 5.74) is 5.55. The first-order valence-electron chi connectivity index (χ1n) is 11.5. The third-order valence-corrected chi connectivity index (χ3v) is 6.57. The zero-order valence-corrected chi connectivity index (χ0v) is 20.2. The van der Waals surface area contributed by atoms with Gasteiger partial charge in [-0.15, -0.1) is 0 Å². The number of aryl methyl sites for hydroxylation is 2. The van der Waals surface area contributed by atoms with Crippen LogP contribution in [0.1, 0.15) is 70.7 Å². The fourth-order valence-corrected chi connectivity index (χ4v) is 4.84. The lowest BCUT2D eigenvalue weighted by Gasteiger charge is -2.26. The zero-order chi connectivity index (χ0) is 24.2. The van der Waals surface area contributed by atoms with Gasteiger partial charge in [-0.3, -0.25) is 14.6 Å². The van der Waals surface area contributed by atoms with E-state index in [1.165, 1.54) is 5.56 Å². The third kappa shape index (κ3) is 3.61. The van der Waals surface area contributed by atoms with Crippen molar-refractivity contribution in [2.75, 3.05) is 0 Å². The van der Waals surface area contributed by atoms with E-state index >= 15 is 0 Å². The Labute approximate surface area is 199 Å². The molecule has 3 heterocycles. The van der Waals surface area contributed by atoms with Gasteiger partial charge in [-0.2, -0.15) is 0 Å². The van der Waals surface area contributed by atoms with E-state index in [0.717, 1.165) is 22.3 Å². The highest BCUT2D eigenvalue weighted by molar-refractivity contribution is 5.99. The van der Waals surface area contributed by atoms with Crippen LogP contribution < -0.4 is 5.43 Å². The Balaban J connectivity index is 1.73. The summed E-state index contributed by atoms with van der Waals surface area (Å²) in [6.07, 6.45) is 3.45. The van der Waals surface area contributed by atoms with E-state index in [4.69, 9.17) is 4.42 Å². The van der Waals surface area contributed by atoms with E-state index in [1.807, 2.05) is 50.2 Å². The van der Waals surface area contributed by atoms with Gasteiger partial charge in [0.25, 0.3) is 5.91 Å². The molecule has 0 N–H and O–H groups in total. The molecule has 0 saturated heterocycles. The molecule has 1 atom stereocenters. The van der Waals surface area contributed by atoms with E-state index in [-0.39, 0.29) is 22.5 Å². The molecule has 0 aliphatic carbocycles. The Morgan fingerprint density at radius 2 is 1.76 bits per heavy atom. The van der Waals surface area contributed by atoms with Gasteiger partial charge in [-0.05, 0) is 59.2 Å². The minimum absolute atomic E-state index is 0.00160. The molecule has 1 aliphatic heterocycles. The molecular weight excluding hydrogens is 424 g/mol. The number of pyridine rings is 1. The second-order valence-corrected chi connectivity index (χ2v) is 10.2. The van der Waals surface area contributed by atoms with Gasteiger partial charge in [0, 0.05) is 18.9 Å². The number of benzene rings is 2. The van der Waals surface area contributed by atoms with Crippen LogP contribution in [0, 0.1) is 13.8 Å². The molecule has 0 radical (unpaired) electrons. The second kappa shape index (κ2) is 7.94. The summed E-state index contributed by atoms with van der Waals surface area (Å²) in [7, 11) is 0. The molecule has 4 aromatic rings. The monoisotopic (exact) mass is 452 g/mol. The van der Waals surface area contributed by atoms with Crippen LogP contribution in [-0.2, 0) is 12.0 Å². The number of hydrogen-bond donors (Lipinski definition) is 0. The first kappa shape index (κ1) is 22.1. The van der Waals surface area contributed by atoms with Gasteiger partial charge in [0.05, 0.1) is 17.0 Å². The predicted octanol–water partition coefficient (Wildman–Crippen LogP) is 5.85. The molecule has 34 heavy (non-hydrogen) atoms. The standard InChI is InChI=1S/C29H28N2O3/c1-17-13-18(2)26-22(14-17)25(32)23-24(20-8-10-21(11-9-20)29(3,4)5)31(28(33)27(23)34-26)16-19-7-6-12-30-15-19/h6-15,24H,16H2,1-5H3/t24-/m1/s1. The lowest BCUT2D eigenvalue weighted by atomic mass is 9.86. The maximum absolute atomic E-state index is 13.8. The van der Waals surface area contributed by atoms with Gasteiger partial charge in [0.1, 0.15) is 5.58 Å². The number of carbonyl (C=O) groups is 1. The summed E-state index contributed by atoms with van der Waals surface area (Å²) in [5.74, 6) is -0.138. The number of hydrogen-bond acceptors (Lipinski definition) is 4. The molecule has 0 unspecified atom stereocenters. The van der Waals surface area contributed by atoms with Crippen LogP contribution in [0.15, 0.2) is 70.1 Å². The number of fused-ring (bicyclic) bond motifs is 2. The van der Waals surface area contributed by atoms with Gasteiger partial charge in [0.2, 0.25) is 5.76 Å². The molecule has 1 aliphatic rings. The van der Waals surface area contributed by atoms with Crippen molar-refractivity contribution in [1.82, 2.24) is 9.88 Å². The smallest absolute Gasteiger partial charge is 0.291 e. The maximum atomic E-state index is 13.8. The van der Waals surface area contributed by atoms with Gasteiger partial charge in [0.15, 0.2) is 5.43 Å². The average Bonchev–Trinajstić information content (AvgIpc) is 3.07. The van der Waals surface area contributed by atoms with Crippen LogP contribution in [0.5, 0.6) is 0 Å². The molecule has 0 bridgehead atoms. The lowest BCUT2D eigenvalue weighted by Crippen LogP contribution is -2.29. The highest BCUT2D eigenvalue weighted by Crippen LogP contribution is 2.40. The Morgan fingerprint density at radius 3 is 2.41 bits per heavy atom. The van der Waals surface area contributed by atoms with E-state index in [9.17, 15) is 9.59 Å². The SMILES string of the molecule is Cc1cc(C)c2oc3c(c(=O)c2c1)[C@@H](c1ccc(C(C)(C)C)cc1)N(Cc1cccnc1)C3=O. The van der Waals surface area contributed by atoms with Gasteiger partial charge < -0.3 is 9.32 Å². The van der Waals surface area contributed by atoms with Gasteiger partial charge in [-0.25, -0.2) is 0 Å². The summed E-state index contributed by atoms with van der Waals surface area (Å²) in [4.78, 5) is 33.4. The Bertz CT molecular complexity index is 1460. The van der Waals surface area contributed by atoms with Gasteiger partial charge >= 0.3 is 0 Å². The molecule has 0 fully saturated rings. The number of nitrogens with zero attached hydrogens (tertiary/aromatic N) is 2. The Kier molecular flexibility index (Phi) is 5.16. The molecule has 0 saturated carbocycles. The van der Waals surface area contributed by atoms with Crippen LogP contribution >= 0.6 is 0 Å². The predicted molar refractivity (Wildman–Crippen MR) is 133 cm³/mol. The minimum atomic E-state index is -0.529. The minimum Gasteiger partial charge on any atom is -0.450 e. The topological polar surface area (TPSA) is 63.4 Å². The fourth-order valence-electron chi connectivity index (χ4n) is 4.84. The summed E-state index contributed by atoms with van der Waals surface area (Å²) in [5, 5.41) is 0.517. The van der Waals surface area contributed by atoms with Gasteiger partial charge in [-0.1, -0.05) is 57.2 Å². The number of aromatic nitrogens is 1. The maximum Gasteiger partial charge on any atom is 0.291 e. The fraction of sp³-hybridized carbons (Fsp3) is 0.276. The normalized spacial score (nSPS) is 15.7. The summed E-state index contributed by atoms with van der Waals surface area (Å²) < 4.78 is 6.17. The van der Waals surface area contributed by atoms with Crippen molar-refractivity contribution in [3.8, 4) is 0 Å². The summed E-state index contributed by atoms with van der Waals surface area (Å²) in [6.45, 7) is 10.7. The van der Waals surface area contributed by atoms with E-state index < -0.39 is 6.04 Å². The number of amides is 1. The quantitative estimate of drug-likeness (QED) is 0.391. The highest BCUT2D eigenvalue weighted by atomic mass is 16.3. The molecule has 5 nitrogen and oxygen atoms in total. The van der Waals surface area contributed by atoms with Crippen LogP contribution in [-0.4, -0.2) is 15.8 Å². The van der Waals surface area contributed by atoms with Crippen molar-refractivity contribution < 1.29 is 9.21 Å². The summed E-state index contributed by atoms with van der Waals surface area (Å²) >= 11 is 0. The van der Waals surface area contributed by atoms with Crippen molar-refractivity contribution in [2.24, 2.45) is 0 Å². The molecule has 1 amide bonds. The molecule has 2 aromatic heterocycles. The lowest BCUT2D eigenvalue weighted by molar-refractivity contribution is 0.0714. The van der Waals surface area contributed by atoms with Crippen molar-refractivity contribution >= 4 is 16.9 Å². The Morgan fingerprint density at radius 1 is 1.03 bits per heavy atom. The second-order valence-electron chi connectivity index (χ2n) is 10.2. The Hall–Kier alpha value is -3.73. The average molecular weight is 453 g/mol. The molecule has 2 aromatic carbocycles. The van der Waals surface area contributed by atoms with E-state index in [1.54, 1.807) is 17.3 Å². The largest absolute Gasteiger partial charge is 0.450 e. The zero-order valence-electron chi connectivity index (χ0n) is 20.2. The molecule has 5 heteroatoms. The van der Waals surface area contributed by atoms with E-state index in [2.05, 4.69) is 37.9 Å². The molecule has 172 valence electrons. The molecule has 5 rings (SSSR count). The number of carbonyl (C=O) groups excluding carboxylic acids is 1. The first-order chi connectivity index (χ1) is 16.1. The third-order valence-electron chi connectivity index (χ3n) is 6.57. The highest BCUT2D eigenvalue weighted by Gasteiger charge is 2.43. The van der Waals surface area contributed by atoms with E-state index in [0.29, 0.717) is 23.1 Å². The molecule has 0 spiro atoms. The van der Waals surface area contributed by atoms with Crippen LogP contribution in [0.25, 0.3) is 11.0 Å². The van der Waals surface area contributed by atoms with Crippen molar-refractivity contribution in [2.45, 2.75) is 52.6 Å². The van der Waals surface area contributed by atoms with Crippen LogP contribution in [0.3, 0.4) is 0 Å².